The van der Waals surface area contributed by atoms with Gasteiger partial charge in [0.25, 0.3) is 0 Å². The predicted molar refractivity (Wildman–Crippen MR) is 114 cm³/mol. The molecule has 2 aliphatic heterocycles. The van der Waals surface area contributed by atoms with Gasteiger partial charge >= 0.3 is 0 Å². The van der Waals surface area contributed by atoms with Gasteiger partial charge in [0.1, 0.15) is 17.3 Å². The summed E-state index contributed by atoms with van der Waals surface area (Å²) >= 11 is 8.09. The van der Waals surface area contributed by atoms with Gasteiger partial charge in [0.2, 0.25) is 0 Å². The average molecular weight is 400 g/mol. The summed E-state index contributed by atoms with van der Waals surface area (Å²) in [4.78, 5) is 7.30. The smallest absolute Gasteiger partial charge is 0.153 e. The molecule has 0 N–H and O–H groups in total. The number of nitrogens with zero attached hydrogens (tertiary/aromatic N) is 3. The van der Waals surface area contributed by atoms with E-state index in [1.165, 1.54) is 5.57 Å². The molecule has 0 amide bonds. The van der Waals surface area contributed by atoms with Crippen molar-refractivity contribution in [3.8, 4) is 11.5 Å². The molecular formula is C21H22ClN3OS. The van der Waals surface area contributed by atoms with Crippen molar-refractivity contribution >= 4 is 35.1 Å². The van der Waals surface area contributed by atoms with Crippen LogP contribution in [0.5, 0.6) is 11.5 Å². The van der Waals surface area contributed by atoms with Crippen LogP contribution in [0.1, 0.15) is 19.4 Å². The van der Waals surface area contributed by atoms with E-state index in [9.17, 15) is 0 Å². The molecule has 4 nitrogen and oxygen atoms in total. The molecule has 1 saturated heterocycles. The van der Waals surface area contributed by atoms with Crippen molar-refractivity contribution in [3.63, 3.8) is 0 Å². The topological polar surface area (TPSA) is 28.1 Å². The molecule has 27 heavy (non-hydrogen) atoms. The molecule has 4 rings (SSSR count). The van der Waals surface area contributed by atoms with Gasteiger partial charge in [-0.15, -0.1) is 0 Å². The van der Waals surface area contributed by atoms with E-state index in [1.807, 2.05) is 42.5 Å². The summed E-state index contributed by atoms with van der Waals surface area (Å²) in [6, 6.07) is 13.6. The molecule has 6 heteroatoms. The van der Waals surface area contributed by atoms with Crippen molar-refractivity contribution in [3.05, 3.63) is 64.0 Å². The Bertz CT molecular complexity index is 900. The zero-order valence-corrected chi connectivity index (χ0v) is 17.1. The maximum atomic E-state index is 6.29. The quantitative estimate of drug-likeness (QED) is 0.604. The zero-order valence-electron chi connectivity index (χ0n) is 15.5. The normalized spacial score (nSPS) is 16.6. The highest BCUT2D eigenvalue weighted by Gasteiger charge is 2.26. The third kappa shape index (κ3) is 4.15. The number of rotatable bonds is 2. The minimum Gasteiger partial charge on any atom is -0.454 e. The number of para-hydroxylation sites is 2. The van der Waals surface area contributed by atoms with Crippen LogP contribution in [-0.2, 0) is 0 Å². The maximum Gasteiger partial charge on any atom is 0.153 e. The first-order valence-corrected chi connectivity index (χ1v) is 10.3. The number of ether oxygens (including phenoxy) is 1. The van der Waals surface area contributed by atoms with Crippen molar-refractivity contribution in [2.75, 3.05) is 26.2 Å². The Kier molecular flexibility index (Phi) is 5.43. The van der Waals surface area contributed by atoms with E-state index in [4.69, 9.17) is 21.3 Å². The van der Waals surface area contributed by atoms with Crippen LogP contribution in [0, 0.1) is 0 Å². The molecule has 0 aliphatic carbocycles. The number of halogens is 1. The van der Waals surface area contributed by atoms with Gasteiger partial charge in [-0.05, 0) is 49.6 Å². The van der Waals surface area contributed by atoms with Crippen LogP contribution in [0.3, 0.4) is 0 Å². The summed E-state index contributed by atoms with van der Waals surface area (Å²) in [5.74, 6) is 2.50. The number of fused-ring (bicyclic) bond motifs is 2. The lowest BCUT2D eigenvalue weighted by Gasteiger charge is -2.35. The Labute approximate surface area is 169 Å². The average Bonchev–Trinajstić information content (AvgIpc) is 2.83. The maximum absolute atomic E-state index is 6.29. The molecular weight excluding hydrogens is 378 g/mol. The highest BCUT2D eigenvalue weighted by atomic mass is 35.5. The van der Waals surface area contributed by atoms with Gasteiger partial charge in [0.15, 0.2) is 5.75 Å². The molecule has 2 aliphatic rings. The standard InChI is InChI=1S/C21H22ClN3OS/c1-15(2)14-27-25-11-9-24(10-12-25)21-17-13-16(22)7-8-19(17)26-20-6-4-3-5-18(20)23-21/h3-8,13-14H,9-12H2,1-2H3. The van der Waals surface area contributed by atoms with Crippen molar-refractivity contribution in [2.45, 2.75) is 13.8 Å². The van der Waals surface area contributed by atoms with Gasteiger partial charge in [0.05, 0.1) is 5.56 Å². The molecule has 2 aromatic rings. The second-order valence-electron chi connectivity index (χ2n) is 6.86. The molecule has 0 unspecified atom stereocenters. The van der Waals surface area contributed by atoms with Gasteiger partial charge in [-0.2, -0.15) is 0 Å². The third-order valence-electron chi connectivity index (χ3n) is 4.47. The van der Waals surface area contributed by atoms with Gasteiger partial charge in [-0.25, -0.2) is 9.30 Å². The van der Waals surface area contributed by atoms with Gasteiger partial charge < -0.3 is 9.64 Å². The van der Waals surface area contributed by atoms with Gasteiger partial charge in [0, 0.05) is 31.2 Å². The van der Waals surface area contributed by atoms with E-state index in [0.717, 1.165) is 54.8 Å². The van der Waals surface area contributed by atoms with Crippen LogP contribution >= 0.6 is 23.5 Å². The Hall–Kier alpha value is -1.95. The Morgan fingerprint density at radius 1 is 1.07 bits per heavy atom. The Morgan fingerprint density at radius 3 is 2.63 bits per heavy atom. The number of aliphatic imine (C=N–C) groups is 1. The summed E-state index contributed by atoms with van der Waals surface area (Å²) in [7, 11) is 0. The highest BCUT2D eigenvalue weighted by Crippen LogP contribution is 2.39. The van der Waals surface area contributed by atoms with Crippen LogP contribution in [0.2, 0.25) is 5.02 Å². The van der Waals surface area contributed by atoms with Gasteiger partial charge in [-0.3, -0.25) is 0 Å². The zero-order chi connectivity index (χ0) is 18.8. The van der Waals surface area contributed by atoms with Crippen LogP contribution < -0.4 is 4.74 Å². The van der Waals surface area contributed by atoms with Crippen LogP contribution in [0.15, 0.2) is 58.4 Å². The Morgan fingerprint density at radius 2 is 1.85 bits per heavy atom. The number of piperazine rings is 1. The number of benzene rings is 2. The van der Waals surface area contributed by atoms with E-state index >= 15 is 0 Å². The SMILES string of the molecule is CC(C)=CSN1CCN(C2=Nc3ccccc3Oc3ccc(Cl)cc32)CC1. The monoisotopic (exact) mass is 399 g/mol. The van der Waals surface area contributed by atoms with Crippen molar-refractivity contribution in [1.29, 1.82) is 0 Å². The molecule has 140 valence electrons. The summed E-state index contributed by atoms with van der Waals surface area (Å²) in [5.41, 5.74) is 3.12. The largest absolute Gasteiger partial charge is 0.454 e. The number of hydrogen-bond donors (Lipinski definition) is 0. The lowest BCUT2D eigenvalue weighted by Crippen LogP contribution is -2.46. The van der Waals surface area contributed by atoms with E-state index in [0.29, 0.717) is 5.02 Å². The minimum absolute atomic E-state index is 0.689. The molecule has 2 heterocycles. The number of amidine groups is 1. The van der Waals surface area contributed by atoms with Crippen molar-refractivity contribution < 1.29 is 4.74 Å². The summed E-state index contributed by atoms with van der Waals surface area (Å²) < 4.78 is 8.54. The molecule has 0 radical (unpaired) electrons. The third-order valence-corrected chi connectivity index (χ3v) is 5.94. The fourth-order valence-corrected chi connectivity index (χ4v) is 4.03. The highest BCUT2D eigenvalue weighted by molar-refractivity contribution is 7.99. The number of hydrogen-bond acceptors (Lipinski definition) is 5. The molecule has 0 spiro atoms. The van der Waals surface area contributed by atoms with Crippen LogP contribution in [-0.4, -0.2) is 41.2 Å². The Balaban J connectivity index is 1.64. The molecule has 0 saturated carbocycles. The summed E-state index contributed by atoms with van der Waals surface area (Å²) in [6.07, 6.45) is 0. The molecule has 0 atom stereocenters. The molecule has 1 fully saturated rings. The summed E-state index contributed by atoms with van der Waals surface area (Å²) in [5, 5.41) is 2.89. The van der Waals surface area contributed by atoms with Crippen molar-refractivity contribution in [2.24, 2.45) is 4.99 Å². The molecule has 0 aromatic heterocycles. The van der Waals surface area contributed by atoms with Crippen LogP contribution in [0.4, 0.5) is 5.69 Å². The fourth-order valence-electron chi connectivity index (χ4n) is 3.12. The molecule has 0 bridgehead atoms. The second-order valence-corrected chi connectivity index (χ2v) is 8.26. The lowest BCUT2D eigenvalue weighted by molar-refractivity contribution is 0.283. The van der Waals surface area contributed by atoms with E-state index < -0.39 is 0 Å². The minimum atomic E-state index is 0.689. The molecule has 2 aromatic carbocycles. The van der Waals surface area contributed by atoms with Crippen LogP contribution in [0.25, 0.3) is 0 Å². The second kappa shape index (κ2) is 7.97. The van der Waals surface area contributed by atoms with Crippen molar-refractivity contribution in [1.82, 2.24) is 9.21 Å². The lowest BCUT2D eigenvalue weighted by atomic mass is 10.1. The van der Waals surface area contributed by atoms with E-state index in [1.54, 1.807) is 11.9 Å². The first kappa shape index (κ1) is 18.4. The number of allylic oxidation sites excluding steroid dienone is 1. The van der Waals surface area contributed by atoms with E-state index in [2.05, 4.69) is 28.5 Å². The predicted octanol–water partition coefficient (Wildman–Crippen LogP) is 5.71. The first-order valence-electron chi connectivity index (χ1n) is 9.06. The fraction of sp³-hybridized carbons (Fsp3) is 0.286. The van der Waals surface area contributed by atoms with Gasteiger partial charge in [-0.1, -0.05) is 41.3 Å². The first-order chi connectivity index (χ1) is 13.1. The van der Waals surface area contributed by atoms with E-state index in [-0.39, 0.29) is 0 Å². The summed E-state index contributed by atoms with van der Waals surface area (Å²) in [6.45, 7) is 8.04.